The van der Waals surface area contributed by atoms with Crippen molar-refractivity contribution in [3.8, 4) is 0 Å². The van der Waals surface area contributed by atoms with E-state index in [9.17, 15) is 14.4 Å². The van der Waals surface area contributed by atoms with E-state index in [-0.39, 0.29) is 5.91 Å². The van der Waals surface area contributed by atoms with Gasteiger partial charge >= 0.3 is 5.69 Å². The van der Waals surface area contributed by atoms with Crippen LogP contribution in [0.2, 0.25) is 0 Å². The van der Waals surface area contributed by atoms with E-state index in [1.54, 1.807) is 14.0 Å². The molecular weight excluding hydrogens is 248 g/mol. The maximum atomic E-state index is 12.0. The van der Waals surface area contributed by atoms with Crippen molar-refractivity contribution in [2.24, 2.45) is 14.1 Å². The predicted molar refractivity (Wildman–Crippen MR) is 71.1 cm³/mol. The summed E-state index contributed by atoms with van der Waals surface area (Å²) >= 11 is 0. The van der Waals surface area contributed by atoms with Crippen LogP contribution in [0.1, 0.15) is 13.3 Å². The lowest BCUT2D eigenvalue weighted by atomic mass is 10.3. The van der Waals surface area contributed by atoms with Crippen molar-refractivity contribution in [1.29, 1.82) is 0 Å². The first-order chi connectivity index (χ1) is 8.95. The summed E-state index contributed by atoms with van der Waals surface area (Å²) in [5.41, 5.74) is -0.133. The number of rotatable bonds is 2. The summed E-state index contributed by atoms with van der Waals surface area (Å²) in [7, 11) is 2.95. The van der Waals surface area contributed by atoms with Gasteiger partial charge in [-0.15, -0.1) is 0 Å². The molecule has 2 aromatic heterocycles. The first-order valence-corrected chi connectivity index (χ1v) is 5.81. The maximum Gasteiger partial charge on any atom is 0.332 e. The van der Waals surface area contributed by atoms with Crippen LogP contribution in [0.4, 0.5) is 5.69 Å². The Hall–Kier alpha value is -2.44. The van der Waals surface area contributed by atoms with Crippen LogP contribution >= 0.6 is 0 Å². The van der Waals surface area contributed by atoms with Crippen molar-refractivity contribution in [1.82, 2.24) is 14.1 Å². The summed E-state index contributed by atoms with van der Waals surface area (Å²) in [6.45, 7) is 1.73. The number of hydrogen-bond donors (Lipinski definition) is 1. The third kappa shape index (κ3) is 2.14. The molecule has 2 rings (SSSR count). The second-order valence-corrected chi connectivity index (χ2v) is 4.20. The normalized spacial score (nSPS) is 10.7. The van der Waals surface area contributed by atoms with Crippen LogP contribution < -0.4 is 16.6 Å². The monoisotopic (exact) mass is 262 g/mol. The molecule has 0 atom stereocenters. The molecule has 2 aromatic rings. The van der Waals surface area contributed by atoms with Gasteiger partial charge < -0.3 is 5.32 Å². The van der Waals surface area contributed by atoms with E-state index in [1.807, 2.05) is 0 Å². The average Bonchev–Trinajstić information content (AvgIpc) is 2.42. The zero-order chi connectivity index (χ0) is 14.2. The van der Waals surface area contributed by atoms with Crippen molar-refractivity contribution in [2.45, 2.75) is 13.3 Å². The molecule has 0 aromatic carbocycles. The van der Waals surface area contributed by atoms with Gasteiger partial charge in [0.25, 0.3) is 5.56 Å². The Morgan fingerprint density at radius 3 is 2.63 bits per heavy atom. The Bertz CT molecular complexity index is 773. The molecule has 0 spiro atoms. The predicted octanol–water partition coefficient (Wildman–Crippen LogP) is -0.0193. The molecule has 19 heavy (non-hydrogen) atoms. The van der Waals surface area contributed by atoms with Gasteiger partial charge in [0, 0.05) is 20.5 Å². The number of anilines is 1. The molecule has 1 amide bonds. The van der Waals surface area contributed by atoms with Gasteiger partial charge in [-0.2, -0.15) is 0 Å². The molecule has 100 valence electrons. The Balaban J connectivity index is 2.70. The smallest absolute Gasteiger partial charge is 0.325 e. The summed E-state index contributed by atoms with van der Waals surface area (Å²) in [5, 5.41) is 2.92. The lowest BCUT2D eigenvalue weighted by Crippen LogP contribution is -2.37. The van der Waals surface area contributed by atoms with Crippen LogP contribution in [0, 0.1) is 0 Å². The minimum atomic E-state index is -0.435. The number of carbonyl (C=O) groups is 1. The molecule has 7 heteroatoms. The molecule has 0 aliphatic carbocycles. The SMILES string of the molecule is CCC(=O)Nc1cnc2c(c1)c(=O)n(C)c(=O)n2C. The Labute approximate surface area is 108 Å². The van der Waals surface area contributed by atoms with Gasteiger partial charge in [-0.3, -0.25) is 18.7 Å². The number of fused-ring (bicyclic) bond motifs is 1. The van der Waals surface area contributed by atoms with Crippen LogP contribution in [0.5, 0.6) is 0 Å². The second kappa shape index (κ2) is 4.68. The van der Waals surface area contributed by atoms with Crippen molar-refractivity contribution < 1.29 is 4.79 Å². The summed E-state index contributed by atoms with van der Waals surface area (Å²) in [6, 6.07) is 1.53. The lowest BCUT2D eigenvalue weighted by Gasteiger charge is -2.08. The van der Waals surface area contributed by atoms with E-state index in [2.05, 4.69) is 10.3 Å². The lowest BCUT2D eigenvalue weighted by molar-refractivity contribution is -0.115. The standard InChI is InChI=1S/C12H14N4O3/c1-4-9(17)14-7-5-8-10(13-6-7)15(2)12(19)16(3)11(8)18/h5-6H,4H2,1-3H3,(H,14,17). The quantitative estimate of drug-likeness (QED) is 0.824. The van der Waals surface area contributed by atoms with Crippen molar-refractivity contribution in [3.05, 3.63) is 33.1 Å². The molecule has 0 saturated carbocycles. The fourth-order valence-electron chi connectivity index (χ4n) is 1.78. The zero-order valence-corrected chi connectivity index (χ0v) is 10.9. The number of amides is 1. The minimum absolute atomic E-state index is 0.164. The van der Waals surface area contributed by atoms with Gasteiger partial charge in [0.15, 0.2) is 0 Å². The van der Waals surface area contributed by atoms with Crippen LogP contribution in [-0.2, 0) is 18.9 Å². The van der Waals surface area contributed by atoms with Gasteiger partial charge in [-0.05, 0) is 6.07 Å². The van der Waals surface area contributed by atoms with Crippen LogP contribution in [0.15, 0.2) is 21.9 Å². The van der Waals surface area contributed by atoms with Gasteiger partial charge in [0.05, 0.1) is 17.3 Å². The van der Waals surface area contributed by atoms with Crippen molar-refractivity contribution >= 4 is 22.6 Å². The molecule has 0 aliphatic rings. The van der Waals surface area contributed by atoms with E-state index >= 15 is 0 Å². The van der Waals surface area contributed by atoms with Crippen LogP contribution in [0.3, 0.4) is 0 Å². The van der Waals surface area contributed by atoms with Gasteiger partial charge in [-0.1, -0.05) is 6.92 Å². The number of hydrogen-bond acceptors (Lipinski definition) is 4. The molecule has 0 unspecified atom stereocenters. The molecule has 2 heterocycles. The average molecular weight is 262 g/mol. The number of aryl methyl sites for hydroxylation is 1. The largest absolute Gasteiger partial charge is 0.332 e. The van der Waals surface area contributed by atoms with E-state index in [0.29, 0.717) is 23.1 Å². The van der Waals surface area contributed by atoms with Crippen LogP contribution in [-0.4, -0.2) is 20.0 Å². The first kappa shape index (κ1) is 13.0. The maximum absolute atomic E-state index is 12.0. The summed E-state index contributed by atoms with van der Waals surface area (Å²) in [6.07, 6.45) is 1.76. The van der Waals surface area contributed by atoms with Gasteiger partial charge in [-0.25, -0.2) is 9.78 Å². The zero-order valence-electron chi connectivity index (χ0n) is 10.9. The number of carbonyl (C=O) groups excluding carboxylic acids is 1. The minimum Gasteiger partial charge on any atom is -0.325 e. The third-order valence-electron chi connectivity index (χ3n) is 2.90. The van der Waals surface area contributed by atoms with Gasteiger partial charge in [0.1, 0.15) is 5.65 Å². The molecular formula is C12H14N4O3. The van der Waals surface area contributed by atoms with E-state index in [1.165, 1.54) is 23.9 Å². The molecule has 0 bridgehead atoms. The van der Waals surface area contributed by atoms with Crippen molar-refractivity contribution in [2.75, 3.05) is 5.32 Å². The summed E-state index contributed by atoms with van der Waals surface area (Å²) in [5.74, 6) is -0.164. The molecule has 0 saturated heterocycles. The number of aromatic nitrogens is 3. The number of nitrogens with zero attached hydrogens (tertiary/aromatic N) is 3. The highest BCUT2D eigenvalue weighted by molar-refractivity contribution is 5.92. The highest BCUT2D eigenvalue weighted by atomic mass is 16.2. The topological polar surface area (TPSA) is 86.0 Å². The molecule has 0 radical (unpaired) electrons. The van der Waals surface area contributed by atoms with E-state index in [0.717, 1.165) is 4.57 Å². The van der Waals surface area contributed by atoms with Crippen molar-refractivity contribution in [3.63, 3.8) is 0 Å². The highest BCUT2D eigenvalue weighted by Gasteiger charge is 2.10. The van der Waals surface area contributed by atoms with Crippen LogP contribution in [0.25, 0.3) is 11.0 Å². The molecule has 7 nitrogen and oxygen atoms in total. The fraction of sp³-hybridized carbons (Fsp3) is 0.333. The molecule has 0 aliphatic heterocycles. The third-order valence-corrected chi connectivity index (χ3v) is 2.90. The first-order valence-electron chi connectivity index (χ1n) is 5.81. The second-order valence-electron chi connectivity index (χ2n) is 4.20. The summed E-state index contributed by atoms with van der Waals surface area (Å²) < 4.78 is 2.30. The Morgan fingerprint density at radius 1 is 1.32 bits per heavy atom. The highest BCUT2D eigenvalue weighted by Crippen LogP contribution is 2.11. The van der Waals surface area contributed by atoms with E-state index < -0.39 is 11.2 Å². The Morgan fingerprint density at radius 2 is 2.00 bits per heavy atom. The fourth-order valence-corrected chi connectivity index (χ4v) is 1.78. The molecule has 1 N–H and O–H groups in total. The Kier molecular flexibility index (Phi) is 3.20. The van der Waals surface area contributed by atoms with Gasteiger partial charge in [0.2, 0.25) is 5.91 Å². The molecule has 0 fully saturated rings. The number of nitrogens with one attached hydrogen (secondary N) is 1. The summed E-state index contributed by atoms with van der Waals surface area (Å²) in [4.78, 5) is 39.1. The van der Waals surface area contributed by atoms with E-state index in [4.69, 9.17) is 0 Å². The number of pyridine rings is 1.